The third kappa shape index (κ3) is 4.93. The van der Waals surface area contributed by atoms with Gasteiger partial charge < -0.3 is 10.2 Å². The van der Waals surface area contributed by atoms with Gasteiger partial charge in [-0.1, -0.05) is 32.9 Å². The zero-order valence-electron chi connectivity index (χ0n) is 16.5. The molecule has 0 fully saturated rings. The van der Waals surface area contributed by atoms with E-state index in [4.69, 9.17) is 10.2 Å². The van der Waals surface area contributed by atoms with E-state index in [9.17, 15) is 10.1 Å². The van der Waals surface area contributed by atoms with Crippen LogP contribution in [-0.2, 0) is 4.43 Å². The monoisotopic (exact) mass is 377 g/mol. The maximum absolute atomic E-state index is 11.1. The number of nitro groups is 1. The van der Waals surface area contributed by atoms with Crippen molar-refractivity contribution in [2.45, 2.75) is 45.3 Å². The number of nitrogen functional groups attached to an aromatic ring is 1. The van der Waals surface area contributed by atoms with Crippen molar-refractivity contribution in [3.05, 3.63) is 40.0 Å². The van der Waals surface area contributed by atoms with Gasteiger partial charge in [-0.15, -0.1) is 0 Å². The van der Waals surface area contributed by atoms with Gasteiger partial charge in [-0.25, -0.2) is 0 Å². The Morgan fingerprint density at radius 1 is 1.35 bits per heavy atom. The molecule has 1 aromatic rings. The Morgan fingerprint density at radius 2 is 2.04 bits per heavy atom. The van der Waals surface area contributed by atoms with Gasteiger partial charge in [-0.3, -0.25) is 15.0 Å². The lowest BCUT2D eigenvalue weighted by atomic mass is 9.98. The second-order valence-corrected chi connectivity index (χ2v) is 13.2. The van der Waals surface area contributed by atoms with E-state index in [2.05, 4.69) is 44.8 Å². The fraction of sp³-hybridized carbons (Fsp3) is 0.579. The molecule has 144 valence electrons. The van der Waals surface area contributed by atoms with E-state index in [0.29, 0.717) is 0 Å². The fourth-order valence-corrected chi connectivity index (χ4v) is 3.76. The zero-order valence-corrected chi connectivity index (χ0v) is 17.5. The Kier molecular flexibility index (Phi) is 6.26. The first-order valence-electron chi connectivity index (χ1n) is 9.11. The van der Waals surface area contributed by atoms with E-state index in [1.54, 1.807) is 12.1 Å². The summed E-state index contributed by atoms with van der Waals surface area (Å²) in [6.45, 7) is 14.7. The average Bonchev–Trinajstić information content (AvgIpc) is 2.54. The Morgan fingerprint density at radius 3 is 2.58 bits per heavy atom. The highest BCUT2D eigenvalue weighted by Gasteiger charge is 2.37. The normalized spacial score (nSPS) is 16.4. The number of hydrogen-bond acceptors (Lipinski definition) is 5. The molecule has 7 heteroatoms. The van der Waals surface area contributed by atoms with Crippen molar-refractivity contribution in [1.29, 1.82) is 0 Å². The van der Waals surface area contributed by atoms with Gasteiger partial charge >= 0.3 is 0 Å². The van der Waals surface area contributed by atoms with Crippen LogP contribution in [0.25, 0.3) is 5.57 Å². The van der Waals surface area contributed by atoms with Crippen LogP contribution in [-0.4, -0.2) is 44.4 Å². The highest BCUT2D eigenvalue weighted by Crippen LogP contribution is 2.36. The summed E-state index contributed by atoms with van der Waals surface area (Å²) in [6, 6.07) is 5.06. The van der Waals surface area contributed by atoms with Crippen LogP contribution in [0.3, 0.4) is 0 Å². The standard InChI is InChI=1S/C19H31N3O3Si/c1-19(2,3)26(4,5)25-13-12-21-10-8-15(9-11-21)16-6-7-17(20)18(14-16)22(23)24/h6-8,14H,9-13,20H2,1-5H3. The van der Waals surface area contributed by atoms with Gasteiger partial charge in [0.2, 0.25) is 0 Å². The Labute approximate surface area is 157 Å². The van der Waals surface area contributed by atoms with E-state index < -0.39 is 13.2 Å². The summed E-state index contributed by atoms with van der Waals surface area (Å²) in [5.74, 6) is 0. The van der Waals surface area contributed by atoms with Gasteiger partial charge in [-0.05, 0) is 41.8 Å². The van der Waals surface area contributed by atoms with Crippen LogP contribution in [0.4, 0.5) is 11.4 Å². The molecule has 1 heterocycles. The summed E-state index contributed by atoms with van der Waals surface area (Å²) in [5, 5.41) is 11.3. The summed E-state index contributed by atoms with van der Waals surface area (Å²) in [5.41, 5.74) is 7.91. The summed E-state index contributed by atoms with van der Waals surface area (Å²) >= 11 is 0. The number of benzene rings is 1. The third-order valence-electron chi connectivity index (χ3n) is 5.57. The lowest BCUT2D eigenvalue weighted by molar-refractivity contribution is -0.383. The minimum absolute atomic E-state index is 0.0198. The highest BCUT2D eigenvalue weighted by atomic mass is 28.4. The summed E-state index contributed by atoms with van der Waals surface area (Å²) in [6.07, 6.45) is 3.03. The van der Waals surface area contributed by atoms with Crippen LogP contribution >= 0.6 is 0 Å². The molecule has 0 saturated carbocycles. The van der Waals surface area contributed by atoms with Crippen molar-refractivity contribution < 1.29 is 9.35 Å². The minimum Gasteiger partial charge on any atom is -0.416 e. The van der Waals surface area contributed by atoms with Gasteiger partial charge in [0.15, 0.2) is 8.32 Å². The summed E-state index contributed by atoms with van der Waals surface area (Å²) in [7, 11) is -1.70. The number of anilines is 1. The third-order valence-corrected chi connectivity index (χ3v) is 10.1. The smallest absolute Gasteiger partial charge is 0.292 e. The molecular formula is C19H31N3O3Si. The number of nitrogens with two attached hydrogens (primary N) is 1. The van der Waals surface area contributed by atoms with Gasteiger partial charge in [0.1, 0.15) is 5.69 Å². The lowest BCUT2D eigenvalue weighted by Crippen LogP contribution is -2.43. The predicted octanol–water partition coefficient (Wildman–Crippen LogP) is 4.29. The number of nitro benzene ring substituents is 1. The molecule has 1 aliphatic heterocycles. The first kappa shape index (κ1) is 20.6. The van der Waals surface area contributed by atoms with Crippen molar-refractivity contribution in [2.75, 3.05) is 32.0 Å². The van der Waals surface area contributed by atoms with Crippen LogP contribution in [0.1, 0.15) is 32.8 Å². The van der Waals surface area contributed by atoms with Crippen LogP contribution in [0.5, 0.6) is 0 Å². The molecule has 0 bridgehead atoms. The van der Waals surface area contributed by atoms with E-state index in [1.807, 2.05) is 6.07 Å². The molecular weight excluding hydrogens is 346 g/mol. The number of hydrogen-bond donors (Lipinski definition) is 1. The van der Waals surface area contributed by atoms with E-state index >= 15 is 0 Å². The zero-order chi connectivity index (χ0) is 19.5. The molecule has 0 atom stereocenters. The molecule has 0 saturated heterocycles. The molecule has 1 aromatic carbocycles. The Bertz CT molecular complexity index is 696. The molecule has 0 unspecified atom stereocenters. The molecule has 0 amide bonds. The van der Waals surface area contributed by atoms with E-state index in [-0.39, 0.29) is 16.4 Å². The van der Waals surface area contributed by atoms with Crippen LogP contribution in [0.15, 0.2) is 24.3 Å². The van der Waals surface area contributed by atoms with Crippen molar-refractivity contribution in [3.63, 3.8) is 0 Å². The van der Waals surface area contributed by atoms with Crippen molar-refractivity contribution in [2.24, 2.45) is 0 Å². The SMILES string of the molecule is CC(C)(C)[Si](C)(C)OCCN1CC=C(c2ccc(N)c([N+](=O)[O-])c2)CC1. The first-order valence-corrected chi connectivity index (χ1v) is 12.0. The molecule has 6 nitrogen and oxygen atoms in total. The van der Waals surface area contributed by atoms with Crippen molar-refractivity contribution in [3.8, 4) is 0 Å². The van der Waals surface area contributed by atoms with Gasteiger partial charge in [-0.2, -0.15) is 0 Å². The molecule has 2 rings (SSSR count). The van der Waals surface area contributed by atoms with Crippen molar-refractivity contribution in [1.82, 2.24) is 4.90 Å². The molecule has 0 aromatic heterocycles. The molecule has 2 N–H and O–H groups in total. The van der Waals surface area contributed by atoms with Crippen LogP contribution < -0.4 is 5.73 Å². The summed E-state index contributed by atoms with van der Waals surface area (Å²) in [4.78, 5) is 13.0. The Balaban J connectivity index is 1.93. The van der Waals surface area contributed by atoms with Gasteiger partial charge in [0.25, 0.3) is 5.69 Å². The minimum atomic E-state index is -1.70. The maximum atomic E-state index is 11.1. The average molecular weight is 378 g/mol. The lowest BCUT2D eigenvalue weighted by Gasteiger charge is -2.37. The van der Waals surface area contributed by atoms with Gasteiger partial charge in [0, 0.05) is 32.3 Å². The molecule has 0 spiro atoms. The van der Waals surface area contributed by atoms with Crippen LogP contribution in [0, 0.1) is 10.1 Å². The van der Waals surface area contributed by atoms with E-state index in [1.165, 1.54) is 0 Å². The van der Waals surface area contributed by atoms with Crippen molar-refractivity contribution >= 4 is 25.3 Å². The number of nitrogens with zero attached hydrogens (tertiary/aromatic N) is 2. The van der Waals surface area contributed by atoms with Crippen LogP contribution in [0.2, 0.25) is 18.1 Å². The topological polar surface area (TPSA) is 81.6 Å². The molecule has 1 aliphatic rings. The quantitative estimate of drug-likeness (QED) is 0.346. The maximum Gasteiger partial charge on any atom is 0.292 e. The first-order chi connectivity index (χ1) is 12.0. The second kappa shape index (κ2) is 7.90. The largest absolute Gasteiger partial charge is 0.416 e. The fourth-order valence-electron chi connectivity index (χ4n) is 2.72. The van der Waals surface area contributed by atoms with Gasteiger partial charge in [0.05, 0.1) is 4.92 Å². The Hall–Kier alpha value is -1.70. The molecule has 0 radical (unpaired) electrons. The van der Waals surface area contributed by atoms with E-state index in [0.717, 1.165) is 43.8 Å². The summed E-state index contributed by atoms with van der Waals surface area (Å²) < 4.78 is 6.25. The molecule has 26 heavy (non-hydrogen) atoms. The predicted molar refractivity (Wildman–Crippen MR) is 110 cm³/mol. The molecule has 0 aliphatic carbocycles. The highest BCUT2D eigenvalue weighted by molar-refractivity contribution is 6.74. The number of rotatable bonds is 6. The second-order valence-electron chi connectivity index (χ2n) is 8.42.